The first-order chi connectivity index (χ1) is 15.9. The minimum Gasteiger partial charge on any atom is -0.507 e. The Bertz CT molecular complexity index is 1250. The highest BCUT2D eigenvalue weighted by Crippen LogP contribution is 2.44. The number of benzene rings is 2. The average Bonchev–Trinajstić information content (AvgIpc) is 3.41. The molecule has 7 nitrogen and oxygen atoms in total. The lowest BCUT2D eigenvalue weighted by atomic mass is 9.94. The topological polar surface area (TPSA) is 89.2 Å². The molecule has 0 radical (unpaired) electrons. The molecule has 1 atom stereocenters. The molecule has 0 bridgehead atoms. The number of ketones is 1. The maximum Gasteiger partial charge on any atom is 0.296 e. The molecule has 1 aliphatic rings. The standard InChI is InChI=1S/C24H19ClFNO6/c1-31-18-11-16(25)19(32-2)10-15(18)22(28)20-21(14-7-3-4-8-17(14)26)27(24(30)23(20)29)12-13-6-5-9-33-13/h3-11,21,28H,12H2,1-2H3/b22-20+. The summed E-state index contributed by atoms with van der Waals surface area (Å²) in [4.78, 5) is 27.3. The van der Waals surface area contributed by atoms with Gasteiger partial charge in [-0.05, 0) is 24.3 Å². The molecule has 1 unspecified atom stereocenters. The van der Waals surface area contributed by atoms with Gasteiger partial charge in [0.15, 0.2) is 0 Å². The summed E-state index contributed by atoms with van der Waals surface area (Å²) < 4.78 is 30.7. The number of aliphatic hydroxyl groups is 1. The Labute approximate surface area is 193 Å². The molecular formula is C24H19ClFNO6. The Kier molecular flexibility index (Phi) is 6.11. The van der Waals surface area contributed by atoms with Gasteiger partial charge in [0.2, 0.25) is 0 Å². The summed E-state index contributed by atoms with van der Waals surface area (Å²) in [5.74, 6) is -2.31. The van der Waals surface area contributed by atoms with Gasteiger partial charge in [-0.15, -0.1) is 0 Å². The number of ether oxygens (including phenoxy) is 2. The van der Waals surface area contributed by atoms with Gasteiger partial charge in [0.1, 0.15) is 28.8 Å². The number of nitrogens with zero attached hydrogens (tertiary/aromatic N) is 1. The minimum absolute atomic E-state index is 0.0460. The summed E-state index contributed by atoms with van der Waals surface area (Å²) in [6, 6.07) is 10.6. The van der Waals surface area contributed by atoms with E-state index in [0.29, 0.717) is 5.76 Å². The number of hydrogen-bond acceptors (Lipinski definition) is 6. The molecule has 1 fully saturated rings. The lowest BCUT2D eigenvalue weighted by molar-refractivity contribution is -0.140. The van der Waals surface area contributed by atoms with Crippen LogP contribution in [0.1, 0.15) is 22.9 Å². The summed E-state index contributed by atoms with van der Waals surface area (Å²) in [6.45, 7) is -0.103. The van der Waals surface area contributed by atoms with Crippen LogP contribution in [0.3, 0.4) is 0 Å². The van der Waals surface area contributed by atoms with E-state index in [4.69, 9.17) is 25.5 Å². The van der Waals surface area contributed by atoms with Gasteiger partial charge >= 0.3 is 0 Å². The van der Waals surface area contributed by atoms with E-state index in [1.807, 2.05) is 0 Å². The van der Waals surface area contributed by atoms with Crippen molar-refractivity contribution < 1.29 is 33.0 Å². The van der Waals surface area contributed by atoms with E-state index in [-0.39, 0.29) is 39.8 Å². The number of likely N-dealkylation sites (tertiary alicyclic amines) is 1. The number of carbonyl (C=O) groups is 2. The van der Waals surface area contributed by atoms with E-state index >= 15 is 0 Å². The molecule has 1 aromatic heterocycles. The number of aliphatic hydroxyl groups excluding tert-OH is 1. The quantitative estimate of drug-likeness (QED) is 0.318. The first kappa shape index (κ1) is 22.4. The zero-order valence-corrected chi connectivity index (χ0v) is 18.4. The van der Waals surface area contributed by atoms with Crippen LogP contribution in [0.25, 0.3) is 5.76 Å². The maximum atomic E-state index is 14.9. The molecule has 3 aromatic rings. The second kappa shape index (κ2) is 8.99. The molecule has 0 aliphatic carbocycles. The molecule has 0 saturated carbocycles. The van der Waals surface area contributed by atoms with Gasteiger partial charge in [-0.2, -0.15) is 0 Å². The van der Waals surface area contributed by atoms with E-state index in [0.717, 1.165) is 4.90 Å². The van der Waals surface area contributed by atoms with Crippen LogP contribution in [-0.2, 0) is 16.1 Å². The molecule has 170 valence electrons. The molecule has 33 heavy (non-hydrogen) atoms. The number of rotatable bonds is 6. The van der Waals surface area contributed by atoms with Crippen LogP contribution in [-0.4, -0.2) is 35.9 Å². The van der Waals surface area contributed by atoms with E-state index in [2.05, 4.69) is 0 Å². The van der Waals surface area contributed by atoms with Crippen molar-refractivity contribution >= 4 is 29.1 Å². The highest BCUT2D eigenvalue weighted by molar-refractivity contribution is 6.46. The Morgan fingerprint density at radius 3 is 2.48 bits per heavy atom. The molecule has 9 heteroatoms. The molecule has 1 aliphatic heterocycles. The SMILES string of the molecule is COc1cc(/C(O)=C2\C(=O)C(=O)N(Cc3ccco3)C2c2ccccc2F)c(OC)cc1Cl. The van der Waals surface area contributed by atoms with Crippen molar-refractivity contribution in [1.82, 2.24) is 4.90 Å². The highest BCUT2D eigenvalue weighted by Gasteiger charge is 2.47. The number of methoxy groups -OCH3 is 2. The summed E-state index contributed by atoms with van der Waals surface area (Å²) >= 11 is 6.15. The maximum absolute atomic E-state index is 14.9. The van der Waals surface area contributed by atoms with Gasteiger partial charge < -0.3 is 23.9 Å². The smallest absolute Gasteiger partial charge is 0.296 e. The largest absolute Gasteiger partial charge is 0.507 e. The molecule has 1 N–H and O–H groups in total. The van der Waals surface area contributed by atoms with Gasteiger partial charge in [-0.3, -0.25) is 9.59 Å². The summed E-state index contributed by atoms with van der Waals surface area (Å²) in [6.07, 6.45) is 1.43. The van der Waals surface area contributed by atoms with Crippen molar-refractivity contribution in [2.45, 2.75) is 12.6 Å². The second-order valence-electron chi connectivity index (χ2n) is 7.21. The number of Topliss-reactive ketones (excluding diaryl/α,β-unsaturated/α-hetero) is 1. The van der Waals surface area contributed by atoms with Crippen molar-refractivity contribution in [3.63, 3.8) is 0 Å². The lowest BCUT2D eigenvalue weighted by Gasteiger charge is -2.25. The van der Waals surface area contributed by atoms with Crippen LogP contribution in [0, 0.1) is 5.82 Å². The molecule has 2 heterocycles. The molecule has 2 aromatic carbocycles. The first-order valence-electron chi connectivity index (χ1n) is 9.84. The van der Waals surface area contributed by atoms with E-state index in [1.165, 1.54) is 50.8 Å². The second-order valence-corrected chi connectivity index (χ2v) is 7.62. The minimum atomic E-state index is -1.21. The fraction of sp³-hybridized carbons (Fsp3) is 0.167. The van der Waals surface area contributed by atoms with Gasteiger partial charge in [0.25, 0.3) is 11.7 Å². The third-order valence-corrected chi connectivity index (χ3v) is 5.67. The molecule has 4 rings (SSSR count). The molecule has 1 saturated heterocycles. The molecule has 0 spiro atoms. The zero-order valence-electron chi connectivity index (χ0n) is 17.7. The summed E-state index contributed by atoms with van der Waals surface area (Å²) in [5.41, 5.74) is -0.180. The number of hydrogen-bond donors (Lipinski definition) is 1. The average molecular weight is 472 g/mol. The monoisotopic (exact) mass is 471 g/mol. The predicted molar refractivity (Wildman–Crippen MR) is 118 cm³/mol. The summed E-state index contributed by atoms with van der Waals surface area (Å²) in [5, 5.41) is 11.5. The van der Waals surface area contributed by atoms with Crippen LogP contribution < -0.4 is 9.47 Å². The molecular weight excluding hydrogens is 453 g/mol. The first-order valence-corrected chi connectivity index (χ1v) is 10.2. The number of carbonyl (C=O) groups excluding carboxylic acids is 2. The van der Waals surface area contributed by atoms with Gasteiger partial charge in [0, 0.05) is 11.6 Å². The number of halogens is 2. The lowest BCUT2D eigenvalue weighted by Crippen LogP contribution is -2.29. The van der Waals surface area contributed by atoms with Crippen LogP contribution in [0.4, 0.5) is 4.39 Å². The Hall–Kier alpha value is -3.78. The Morgan fingerprint density at radius 1 is 1.12 bits per heavy atom. The number of furan rings is 1. The van der Waals surface area contributed by atoms with Crippen molar-refractivity contribution in [1.29, 1.82) is 0 Å². The van der Waals surface area contributed by atoms with Crippen LogP contribution >= 0.6 is 11.6 Å². The third kappa shape index (κ3) is 3.93. The van der Waals surface area contributed by atoms with E-state index in [9.17, 15) is 19.1 Å². The van der Waals surface area contributed by atoms with Crippen molar-refractivity contribution in [2.24, 2.45) is 0 Å². The third-order valence-electron chi connectivity index (χ3n) is 5.38. The van der Waals surface area contributed by atoms with Crippen LogP contribution in [0.2, 0.25) is 5.02 Å². The fourth-order valence-electron chi connectivity index (χ4n) is 3.82. The van der Waals surface area contributed by atoms with E-state index in [1.54, 1.807) is 18.2 Å². The number of amides is 1. The van der Waals surface area contributed by atoms with Gasteiger partial charge in [-0.25, -0.2) is 4.39 Å². The van der Waals surface area contributed by atoms with Crippen molar-refractivity contribution in [3.05, 3.63) is 88.1 Å². The molecule has 1 amide bonds. The highest BCUT2D eigenvalue weighted by atomic mass is 35.5. The predicted octanol–water partition coefficient (Wildman–Crippen LogP) is 4.71. The summed E-state index contributed by atoms with van der Waals surface area (Å²) in [7, 11) is 2.75. The Morgan fingerprint density at radius 2 is 1.85 bits per heavy atom. The van der Waals surface area contributed by atoms with Crippen molar-refractivity contribution in [3.8, 4) is 11.5 Å². The zero-order chi connectivity index (χ0) is 23.7. The normalized spacial score (nSPS) is 17.5. The van der Waals surface area contributed by atoms with Crippen LogP contribution in [0.15, 0.2) is 64.8 Å². The Balaban J connectivity index is 1.95. The van der Waals surface area contributed by atoms with Crippen molar-refractivity contribution in [2.75, 3.05) is 14.2 Å². The van der Waals surface area contributed by atoms with Gasteiger partial charge in [0.05, 0.1) is 49.2 Å². The van der Waals surface area contributed by atoms with Crippen LogP contribution in [0.5, 0.6) is 11.5 Å². The van der Waals surface area contributed by atoms with Gasteiger partial charge in [-0.1, -0.05) is 29.8 Å². The fourth-order valence-corrected chi connectivity index (χ4v) is 4.06. The van der Waals surface area contributed by atoms with E-state index < -0.39 is 29.3 Å².